The van der Waals surface area contributed by atoms with Crippen LogP contribution >= 0.6 is 0 Å². The maximum atomic E-state index is 10.2. The minimum absolute atomic E-state index is 0. The topological polar surface area (TPSA) is 161 Å². The molecule has 0 radical (unpaired) electrons. The predicted octanol–water partition coefficient (Wildman–Crippen LogP) is 1.26. The van der Waals surface area contributed by atoms with Crippen LogP contribution in [0.5, 0.6) is 0 Å². The van der Waals surface area contributed by atoms with Gasteiger partial charge in [0, 0.05) is 23.9 Å². The fourth-order valence-electron chi connectivity index (χ4n) is 5.35. The summed E-state index contributed by atoms with van der Waals surface area (Å²) >= 11 is 0. The summed E-state index contributed by atoms with van der Waals surface area (Å²) in [5, 5.41) is 41.0. The molecule has 210 valence electrons. The SMILES string of the molecule is O=C([O-])C1CCCCC1.O=C([O-])C1CCCCC1.O=C([O-])C1CCCCC1.O=C([O-])C1CCCCC1.[Mo+4]. The van der Waals surface area contributed by atoms with E-state index in [1.165, 1.54) is 25.7 Å². The van der Waals surface area contributed by atoms with Crippen molar-refractivity contribution in [1.82, 2.24) is 0 Å². The van der Waals surface area contributed by atoms with E-state index in [1.807, 2.05) is 0 Å². The molecule has 4 aliphatic rings. The normalized spacial score (nSPS) is 21.2. The minimum Gasteiger partial charge on any atom is -0.550 e. The Morgan fingerprint density at radius 3 is 0.541 bits per heavy atom. The molecular weight excluding hydrogens is 560 g/mol. The van der Waals surface area contributed by atoms with Crippen molar-refractivity contribution in [3.8, 4) is 0 Å². The molecule has 0 aliphatic heterocycles. The number of carboxylic acids is 4. The van der Waals surface area contributed by atoms with Crippen molar-refractivity contribution in [2.45, 2.75) is 128 Å². The van der Waals surface area contributed by atoms with E-state index >= 15 is 0 Å². The van der Waals surface area contributed by atoms with Crippen LogP contribution in [-0.4, -0.2) is 23.9 Å². The smallest absolute Gasteiger partial charge is 0.550 e. The van der Waals surface area contributed by atoms with Crippen LogP contribution in [0.1, 0.15) is 128 Å². The number of carbonyl (C=O) groups excluding carboxylic acids is 4. The van der Waals surface area contributed by atoms with E-state index in [1.54, 1.807) is 0 Å². The zero-order valence-corrected chi connectivity index (χ0v) is 24.1. The molecule has 0 aromatic heterocycles. The second-order valence-corrected chi connectivity index (χ2v) is 10.6. The Labute approximate surface area is 236 Å². The van der Waals surface area contributed by atoms with Gasteiger partial charge in [0.2, 0.25) is 0 Å². The van der Waals surface area contributed by atoms with Crippen molar-refractivity contribution in [2.24, 2.45) is 23.7 Å². The van der Waals surface area contributed by atoms with Crippen LogP contribution in [0.3, 0.4) is 0 Å². The molecule has 0 unspecified atom stereocenters. The Bertz CT molecular complexity index is 533. The van der Waals surface area contributed by atoms with Crippen molar-refractivity contribution in [1.29, 1.82) is 0 Å². The first-order valence-electron chi connectivity index (χ1n) is 14.1. The first kappa shape index (κ1) is 35.6. The van der Waals surface area contributed by atoms with Crippen LogP contribution in [-0.2, 0) is 40.2 Å². The Morgan fingerprint density at radius 1 is 0.324 bits per heavy atom. The molecule has 0 spiro atoms. The Morgan fingerprint density at radius 2 is 0.459 bits per heavy atom. The molecule has 0 aromatic rings. The van der Waals surface area contributed by atoms with Crippen LogP contribution < -0.4 is 20.4 Å². The molecule has 37 heavy (non-hydrogen) atoms. The molecule has 4 fully saturated rings. The summed E-state index contributed by atoms with van der Waals surface area (Å²) in [5.74, 6) is -3.97. The van der Waals surface area contributed by atoms with E-state index in [-0.39, 0.29) is 44.7 Å². The molecule has 8 nitrogen and oxygen atoms in total. The number of aliphatic carboxylic acids is 4. The second-order valence-electron chi connectivity index (χ2n) is 10.6. The Balaban J connectivity index is 0.000000463. The average molecular weight is 605 g/mol. The van der Waals surface area contributed by atoms with Gasteiger partial charge in [-0.2, -0.15) is 0 Å². The second kappa shape index (κ2) is 21.5. The van der Waals surface area contributed by atoms with Gasteiger partial charge in [0.1, 0.15) is 0 Å². The van der Waals surface area contributed by atoms with Crippen molar-refractivity contribution in [3.05, 3.63) is 0 Å². The van der Waals surface area contributed by atoms with Gasteiger partial charge in [0.25, 0.3) is 0 Å². The number of hydrogen-bond acceptors (Lipinski definition) is 8. The third-order valence-corrected chi connectivity index (χ3v) is 7.75. The first-order valence-corrected chi connectivity index (χ1v) is 14.1. The van der Waals surface area contributed by atoms with Crippen molar-refractivity contribution in [2.75, 3.05) is 0 Å². The summed E-state index contributed by atoms with van der Waals surface area (Å²) in [4.78, 5) is 41.0. The maximum absolute atomic E-state index is 10.2. The van der Waals surface area contributed by atoms with E-state index in [0.717, 1.165) is 103 Å². The quantitative estimate of drug-likeness (QED) is 0.434. The van der Waals surface area contributed by atoms with Gasteiger partial charge >= 0.3 is 21.1 Å². The van der Waals surface area contributed by atoms with Crippen LogP contribution in [0.2, 0.25) is 0 Å². The molecule has 4 aliphatic carbocycles. The zero-order valence-electron chi connectivity index (χ0n) is 22.1. The average Bonchev–Trinajstić information content (AvgIpc) is 2.92. The minimum atomic E-state index is -0.852. The summed E-state index contributed by atoms with van der Waals surface area (Å²) in [7, 11) is 0. The summed E-state index contributed by atoms with van der Waals surface area (Å²) in [6.45, 7) is 0. The van der Waals surface area contributed by atoms with Gasteiger partial charge in [-0.3, -0.25) is 0 Å². The molecule has 0 saturated heterocycles. The predicted molar refractivity (Wildman–Crippen MR) is 126 cm³/mol. The van der Waals surface area contributed by atoms with Crippen LogP contribution in [0.25, 0.3) is 0 Å². The largest absolute Gasteiger partial charge is 4.00 e. The number of hydrogen-bond donors (Lipinski definition) is 0. The van der Waals surface area contributed by atoms with Crippen LogP contribution in [0.15, 0.2) is 0 Å². The van der Waals surface area contributed by atoms with E-state index in [0.29, 0.717) is 0 Å². The van der Waals surface area contributed by atoms with Gasteiger partial charge in [-0.15, -0.1) is 0 Å². The summed E-state index contributed by atoms with van der Waals surface area (Å²) in [6.07, 6.45) is 20.0. The molecular formula is C28H44MoO8. The summed E-state index contributed by atoms with van der Waals surface area (Å²) < 4.78 is 0. The van der Waals surface area contributed by atoms with Gasteiger partial charge in [-0.25, -0.2) is 0 Å². The number of carboxylic acid groups (broad SMARTS) is 4. The molecule has 0 N–H and O–H groups in total. The molecule has 0 bridgehead atoms. The summed E-state index contributed by atoms with van der Waals surface area (Å²) in [5.41, 5.74) is 0. The molecule has 0 amide bonds. The van der Waals surface area contributed by atoms with Crippen molar-refractivity contribution in [3.63, 3.8) is 0 Å². The van der Waals surface area contributed by atoms with E-state index in [2.05, 4.69) is 0 Å². The number of rotatable bonds is 4. The van der Waals surface area contributed by atoms with Gasteiger partial charge in [0.15, 0.2) is 0 Å². The van der Waals surface area contributed by atoms with Gasteiger partial charge in [0.05, 0.1) is 0 Å². The molecule has 0 atom stereocenters. The number of carbonyl (C=O) groups is 4. The molecule has 0 aromatic carbocycles. The molecule has 0 heterocycles. The van der Waals surface area contributed by atoms with Crippen molar-refractivity contribution < 1.29 is 60.7 Å². The first-order chi connectivity index (χ1) is 17.2. The van der Waals surface area contributed by atoms with Crippen LogP contribution in [0.4, 0.5) is 0 Å². The van der Waals surface area contributed by atoms with Gasteiger partial charge in [-0.05, 0) is 75.0 Å². The van der Waals surface area contributed by atoms with Crippen LogP contribution in [0, 0.1) is 23.7 Å². The standard InChI is InChI=1S/4C7H12O2.Mo/c4*8-7(9)6-4-2-1-3-5-6;/h4*6H,1-5H2,(H,8,9);/q;;;;+4/p-4. The van der Waals surface area contributed by atoms with E-state index < -0.39 is 23.9 Å². The van der Waals surface area contributed by atoms with Gasteiger partial charge in [-0.1, -0.05) is 77.0 Å². The fraction of sp³-hybridized carbons (Fsp3) is 0.857. The monoisotopic (exact) mass is 606 g/mol. The Hall–Kier alpha value is -1.43. The van der Waals surface area contributed by atoms with E-state index in [9.17, 15) is 39.6 Å². The molecule has 9 heteroatoms. The zero-order chi connectivity index (χ0) is 26.8. The molecule has 4 rings (SSSR count). The fourth-order valence-corrected chi connectivity index (χ4v) is 5.35. The van der Waals surface area contributed by atoms with Gasteiger partial charge < -0.3 is 39.6 Å². The summed E-state index contributed by atoms with van der Waals surface area (Å²) in [6, 6.07) is 0. The third kappa shape index (κ3) is 16.9. The third-order valence-electron chi connectivity index (χ3n) is 7.75. The molecule has 4 saturated carbocycles. The maximum Gasteiger partial charge on any atom is 4.00 e. The van der Waals surface area contributed by atoms with E-state index in [4.69, 9.17) is 0 Å². The van der Waals surface area contributed by atoms with Crippen molar-refractivity contribution >= 4 is 23.9 Å². The Kier molecular flexibility index (Phi) is 20.7.